The molecule has 2 aliphatic rings. The fourth-order valence-corrected chi connectivity index (χ4v) is 3.13. The van der Waals surface area contributed by atoms with Crippen LogP contribution in [0.2, 0.25) is 0 Å². The minimum absolute atomic E-state index is 0.309. The molecule has 2 aliphatic carbocycles. The largest absolute Gasteiger partial charge is 0.501 e. The predicted molar refractivity (Wildman–Crippen MR) is 116 cm³/mol. The van der Waals surface area contributed by atoms with Crippen molar-refractivity contribution in [3.05, 3.63) is 59.6 Å². The van der Waals surface area contributed by atoms with Crippen molar-refractivity contribution in [2.75, 3.05) is 13.7 Å². The summed E-state index contributed by atoms with van der Waals surface area (Å²) in [5.41, 5.74) is 2.90. The van der Waals surface area contributed by atoms with Crippen LogP contribution in [0.3, 0.4) is 0 Å². The fourth-order valence-electron chi connectivity index (χ4n) is 3.13. The van der Waals surface area contributed by atoms with Crippen LogP contribution in [0.15, 0.2) is 59.6 Å². The quantitative estimate of drug-likeness (QED) is 0.307. The second-order valence-corrected chi connectivity index (χ2v) is 7.58. The summed E-state index contributed by atoms with van der Waals surface area (Å²) in [5, 5.41) is 0. The Bertz CT molecular complexity index is 660. The van der Waals surface area contributed by atoms with Gasteiger partial charge < -0.3 is 9.47 Å². The molecule has 0 bridgehead atoms. The van der Waals surface area contributed by atoms with Gasteiger partial charge in [-0.15, -0.1) is 0 Å². The molecule has 0 aliphatic heterocycles. The first-order valence-corrected chi connectivity index (χ1v) is 9.99. The molecule has 2 rings (SSSR count). The number of ether oxygens (including phenoxy) is 2. The van der Waals surface area contributed by atoms with E-state index < -0.39 is 0 Å². The van der Waals surface area contributed by atoms with E-state index >= 15 is 0 Å². The Balaban J connectivity index is 0.000000527. The second kappa shape index (κ2) is 12.3. The molecule has 27 heavy (non-hydrogen) atoms. The molecule has 0 atom stereocenters. The number of rotatable bonds is 3. The highest BCUT2D eigenvalue weighted by molar-refractivity contribution is 5.44. The van der Waals surface area contributed by atoms with Gasteiger partial charge in [-0.2, -0.15) is 0 Å². The Labute approximate surface area is 166 Å². The lowest BCUT2D eigenvalue weighted by molar-refractivity contribution is 0.233. The van der Waals surface area contributed by atoms with E-state index in [1.54, 1.807) is 7.11 Å². The third-order valence-corrected chi connectivity index (χ3v) is 4.81. The van der Waals surface area contributed by atoms with Crippen molar-refractivity contribution in [1.82, 2.24) is 0 Å². The smallest absolute Gasteiger partial charge is 0.0993 e. The van der Waals surface area contributed by atoms with Crippen LogP contribution in [0, 0.1) is 17.3 Å². The topological polar surface area (TPSA) is 18.5 Å². The van der Waals surface area contributed by atoms with Gasteiger partial charge in [-0.25, -0.2) is 0 Å². The molecule has 2 nitrogen and oxygen atoms in total. The van der Waals surface area contributed by atoms with Crippen LogP contribution in [0.4, 0.5) is 0 Å². The molecule has 0 heterocycles. The predicted octanol–water partition coefficient (Wildman–Crippen LogP) is 6.88. The number of hydrogen-bond donors (Lipinski definition) is 0. The lowest BCUT2D eigenvalue weighted by Gasteiger charge is -2.25. The van der Waals surface area contributed by atoms with Crippen molar-refractivity contribution >= 4 is 0 Å². The molecule has 0 aromatic heterocycles. The number of methoxy groups -OCH3 is 1. The summed E-state index contributed by atoms with van der Waals surface area (Å²) >= 11 is 0. The van der Waals surface area contributed by atoms with Gasteiger partial charge in [0.15, 0.2) is 0 Å². The summed E-state index contributed by atoms with van der Waals surface area (Å²) in [6.07, 6.45) is 17.7. The molecule has 0 spiro atoms. The maximum absolute atomic E-state index is 5.27. The van der Waals surface area contributed by atoms with E-state index in [1.165, 1.54) is 37.7 Å². The van der Waals surface area contributed by atoms with E-state index in [0.29, 0.717) is 5.41 Å². The van der Waals surface area contributed by atoms with Crippen molar-refractivity contribution < 1.29 is 9.47 Å². The van der Waals surface area contributed by atoms with E-state index in [1.807, 2.05) is 26.0 Å². The first-order valence-electron chi connectivity index (χ1n) is 9.99. The molecule has 148 valence electrons. The summed E-state index contributed by atoms with van der Waals surface area (Å²) in [5.74, 6) is 8.31. The Kier molecular flexibility index (Phi) is 10.4. The van der Waals surface area contributed by atoms with Crippen molar-refractivity contribution in [2.24, 2.45) is 5.41 Å². The monoisotopic (exact) mass is 368 g/mol. The van der Waals surface area contributed by atoms with Crippen molar-refractivity contribution in [3.63, 3.8) is 0 Å². The maximum atomic E-state index is 5.27. The molecule has 0 aromatic rings. The van der Waals surface area contributed by atoms with Crippen LogP contribution in [-0.2, 0) is 9.47 Å². The average molecular weight is 369 g/mol. The second-order valence-electron chi connectivity index (χ2n) is 7.58. The molecule has 0 radical (unpaired) electrons. The molecule has 0 aromatic carbocycles. The highest BCUT2D eigenvalue weighted by Gasteiger charge is 2.24. The zero-order valence-corrected chi connectivity index (χ0v) is 17.9. The molecule has 0 saturated heterocycles. The first kappa shape index (κ1) is 22.9. The van der Waals surface area contributed by atoms with Gasteiger partial charge in [0.2, 0.25) is 0 Å². The van der Waals surface area contributed by atoms with Crippen LogP contribution in [0.1, 0.15) is 66.2 Å². The van der Waals surface area contributed by atoms with Crippen LogP contribution in [0.25, 0.3) is 0 Å². The van der Waals surface area contributed by atoms with Gasteiger partial charge in [0, 0.05) is 12.0 Å². The molecular formula is C25H36O2. The zero-order valence-electron chi connectivity index (χ0n) is 17.9. The summed E-state index contributed by atoms with van der Waals surface area (Å²) in [6.45, 7) is 12.7. The van der Waals surface area contributed by atoms with Crippen LogP contribution in [-0.4, -0.2) is 13.7 Å². The first-order chi connectivity index (χ1) is 12.9. The SMILES string of the molecule is C=C(C)OCC.COC1=CC=CC(C#C/C=C2\CCCCCC2(C)C)=CC1. The summed E-state index contributed by atoms with van der Waals surface area (Å²) in [4.78, 5) is 0. The third kappa shape index (κ3) is 9.38. The zero-order chi connectivity index (χ0) is 20.1. The highest BCUT2D eigenvalue weighted by atomic mass is 16.5. The van der Waals surface area contributed by atoms with Crippen LogP contribution in [0.5, 0.6) is 0 Å². The molecule has 0 unspecified atom stereocenters. The molecule has 1 saturated carbocycles. The lowest BCUT2D eigenvalue weighted by atomic mass is 9.80. The minimum atomic E-state index is 0.309. The maximum Gasteiger partial charge on any atom is 0.0993 e. The van der Waals surface area contributed by atoms with Crippen molar-refractivity contribution in [1.29, 1.82) is 0 Å². The molecule has 1 fully saturated rings. The third-order valence-electron chi connectivity index (χ3n) is 4.81. The Hall–Kier alpha value is -2.14. The van der Waals surface area contributed by atoms with Gasteiger partial charge >= 0.3 is 0 Å². The minimum Gasteiger partial charge on any atom is -0.501 e. The summed E-state index contributed by atoms with van der Waals surface area (Å²) in [6, 6.07) is 0. The number of hydrogen-bond acceptors (Lipinski definition) is 2. The van der Waals surface area contributed by atoms with E-state index in [0.717, 1.165) is 30.1 Å². The van der Waals surface area contributed by atoms with E-state index in [9.17, 15) is 0 Å². The van der Waals surface area contributed by atoms with Gasteiger partial charge in [0.05, 0.1) is 25.2 Å². The van der Waals surface area contributed by atoms with Crippen LogP contribution < -0.4 is 0 Å². The van der Waals surface area contributed by atoms with Gasteiger partial charge in [-0.3, -0.25) is 0 Å². The van der Waals surface area contributed by atoms with Crippen molar-refractivity contribution in [2.45, 2.75) is 66.2 Å². The van der Waals surface area contributed by atoms with Gasteiger partial charge in [-0.05, 0) is 56.8 Å². The van der Waals surface area contributed by atoms with E-state index in [-0.39, 0.29) is 0 Å². The number of allylic oxidation sites excluding steroid dienone is 8. The Morgan fingerprint density at radius 3 is 2.70 bits per heavy atom. The van der Waals surface area contributed by atoms with Gasteiger partial charge in [-0.1, -0.05) is 62.8 Å². The highest BCUT2D eigenvalue weighted by Crippen LogP contribution is 2.38. The molecule has 2 heteroatoms. The fraction of sp³-hybridized carbons (Fsp3) is 0.520. The summed E-state index contributed by atoms with van der Waals surface area (Å²) in [7, 11) is 1.71. The van der Waals surface area contributed by atoms with Crippen LogP contribution >= 0.6 is 0 Å². The van der Waals surface area contributed by atoms with E-state index in [4.69, 9.17) is 9.47 Å². The Morgan fingerprint density at radius 2 is 2.07 bits per heavy atom. The van der Waals surface area contributed by atoms with Gasteiger partial charge in [0.1, 0.15) is 0 Å². The van der Waals surface area contributed by atoms with Gasteiger partial charge in [0.25, 0.3) is 0 Å². The lowest BCUT2D eigenvalue weighted by Crippen LogP contribution is -2.12. The molecular weight excluding hydrogens is 332 g/mol. The Morgan fingerprint density at radius 1 is 1.30 bits per heavy atom. The average Bonchev–Trinajstić information content (AvgIpc) is 2.94. The summed E-state index contributed by atoms with van der Waals surface area (Å²) < 4.78 is 10.1. The van der Waals surface area contributed by atoms with Crippen molar-refractivity contribution in [3.8, 4) is 11.8 Å². The van der Waals surface area contributed by atoms with E-state index in [2.05, 4.69) is 50.5 Å². The standard InChI is InChI=1S/C20H26O.C5H10O/c1-20(2)16-6-4-5-11-18(20)12-7-9-17-10-8-13-19(21-3)15-14-17;1-4-6-5(2)3/h8,10,12-14H,4-6,11,15-16H2,1-3H3;2,4H2,1,3H3/b18-12+;. The molecule has 0 N–H and O–H groups in total. The normalized spacial score (nSPS) is 19.8. The molecule has 0 amide bonds.